The zero-order chi connectivity index (χ0) is 17.7. The summed E-state index contributed by atoms with van der Waals surface area (Å²) in [6, 6.07) is 3.85. The van der Waals surface area contributed by atoms with E-state index in [1.807, 2.05) is 0 Å². The van der Waals surface area contributed by atoms with Gasteiger partial charge in [-0.05, 0) is 43.9 Å². The van der Waals surface area contributed by atoms with E-state index in [2.05, 4.69) is 0 Å². The van der Waals surface area contributed by atoms with E-state index in [9.17, 15) is 16.8 Å². The van der Waals surface area contributed by atoms with Gasteiger partial charge >= 0.3 is 0 Å². The molecule has 9 heteroatoms. The molecule has 2 unspecified atom stereocenters. The van der Waals surface area contributed by atoms with Crippen molar-refractivity contribution in [3.63, 3.8) is 0 Å². The Morgan fingerprint density at radius 2 is 1.71 bits per heavy atom. The lowest BCUT2D eigenvalue weighted by molar-refractivity contribution is 0.249. The third-order valence-electron chi connectivity index (χ3n) is 4.93. The van der Waals surface area contributed by atoms with Crippen LogP contribution in [-0.4, -0.2) is 51.8 Å². The molecule has 0 N–H and O–H groups in total. The summed E-state index contributed by atoms with van der Waals surface area (Å²) in [5, 5.41) is -0.224. The fraction of sp³-hybridized carbons (Fsp3) is 0.600. The monoisotopic (exact) mass is 393 g/mol. The first-order chi connectivity index (χ1) is 11.1. The molecule has 6 nitrogen and oxygen atoms in total. The zero-order valence-corrected chi connectivity index (χ0v) is 15.9. The minimum absolute atomic E-state index is 0.114. The van der Waals surface area contributed by atoms with E-state index in [-0.39, 0.29) is 22.0 Å². The number of benzene rings is 1. The van der Waals surface area contributed by atoms with Crippen LogP contribution in [0, 0.1) is 0 Å². The number of rotatable bonds is 4. The fourth-order valence-electron chi connectivity index (χ4n) is 3.76. The van der Waals surface area contributed by atoms with E-state index in [0.717, 1.165) is 0 Å². The molecule has 2 heterocycles. The van der Waals surface area contributed by atoms with Crippen molar-refractivity contribution in [2.24, 2.45) is 0 Å². The molecule has 0 saturated carbocycles. The summed E-state index contributed by atoms with van der Waals surface area (Å²) >= 11 is 6.06. The van der Waals surface area contributed by atoms with E-state index < -0.39 is 25.1 Å². The topological polar surface area (TPSA) is 80.8 Å². The molecule has 0 spiro atoms. The van der Waals surface area contributed by atoms with Crippen LogP contribution in [0.3, 0.4) is 0 Å². The van der Waals surface area contributed by atoms with Gasteiger partial charge in [0.25, 0.3) is 0 Å². The highest BCUT2D eigenvalue weighted by atomic mass is 35.5. The van der Waals surface area contributed by atoms with E-state index in [4.69, 9.17) is 16.3 Å². The maximum atomic E-state index is 13.0. The Balaban J connectivity index is 1.93. The molecular formula is C15H20ClNO5S2. The van der Waals surface area contributed by atoms with Crippen LogP contribution >= 0.6 is 11.6 Å². The van der Waals surface area contributed by atoms with Gasteiger partial charge in [-0.15, -0.1) is 0 Å². The van der Waals surface area contributed by atoms with Crippen molar-refractivity contribution in [1.82, 2.24) is 4.31 Å². The second-order valence-electron chi connectivity index (χ2n) is 6.44. The molecule has 2 fully saturated rings. The number of fused-ring (bicyclic) bond motifs is 2. The maximum absolute atomic E-state index is 13.0. The van der Waals surface area contributed by atoms with E-state index in [1.54, 1.807) is 0 Å². The predicted octanol–water partition coefficient (Wildman–Crippen LogP) is 2.08. The number of piperidine rings is 1. The Hall–Kier alpha value is -0.830. The van der Waals surface area contributed by atoms with Gasteiger partial charge in [0.1, 0.15) is 15.6 Å². The quantitative estimate of drug-likeness (QED) is 0.782. The van der Waals surface area contributed by atoms with Crippen LogP contribution in [0.1, 0.15) is 25.7 Å². The SMILES string of the molecule is COc1ccc(S(=O)(=O)N2C3CCC2CC(S(C)(=O)=O)C3)cc1Cl. The van der Waals surface area contributed by atoms with Crippen molar-refractivity contribution >= 4 is 31.5 Å². The number of hydrogen-bond donors (Lipinski definition) is 0. The van der Waals surface area contributed by atoms with Crippen molar-refractivity contribution < 1.29 is 21.6 Å². The van der Waals surface area contributed by atoms with Crippen LogP contribution in [0.25, 0.3) is 0 Å². The van der Waals surface area contributed by atoms with Gasteiger partial charge < -0.3 is 4.74 Å². The molecule has 24 heavy (non-hydrogen) atoms. The van der Waals surface area contributed by atoms with E-state index in [0.29, 0.717) is 31.4 Å². The molecule has 1 aromatic carbocycles. The van der Waals surface area contributed by atoms with Crippen LogP contribution in [0.2, 0.25) is 5.02 Å². The minimum atomic E-state index is -3.72. The van der Waals surface area contributed by atoms with Gasteiger partial charge in [-0.2, -0.15) is 4.31 Å². The van der Waals surface area contributed by atoms with Gasteiger partial charge in [-0.25, -0.2) is 16.8 Å². The Labute approximate surface area is 147 Å². The molecule has 3 rings (SSSR count). The summed E-state index contributed by atoms with van der Waals surface area (Å²) in [7, 11) is -5.41. The molecule has 0 radical (unpaired) electrons. The minimum Gasteiger partial charge on any atom is -0.495 e. The highest BCUT2D eigenvalue weighted by Gasteiger charge is 2.49. The van der Waals surface area contributed by atoms with E-state index in [1.165, 1.54) is 35.9 Å². The van der Waals surface area contributed by atoms with Crippen molar-refractivity contribution in [3.8, 4) is 5.75 Å². The van der Waals surface area contributed by atoms with Crippen molar-refractivity contribution in [2.45, 2.75) is 47.9 Å². The lowest BCUT2D eigenvalue weighted by Crippen LogP contribution is -2.49. The highest BCUT2D eigenvalue weighted by Crippen LogP contribution is 2.42. The van der Waals surface area contributed by atoms with Gasteiger partial charge in [0.2, 0.25) is 10.0 Å². The fourth-order valence-corrected chi connectivity index (χ4v) is 7.14. The standard InChI is InChI=1S/C15H20ClNO5S2/c1-22-15-6-5-12(9-14(15)16)24(20,21)17-10-3-4-11(17)8-13(7-10)23(2,18)19/h5-6,9-11,13H,3-4,7-8H2,1-2H3. The van der Waals surface area contributed by atoms with Gasteiger partial charge in [0.05, 0.1) is 22.3 Å². The largest absolute Gasteiger partial charge is 0.495 e. The first-order valence-corrected chi connectivity index (χ1v) is 11.5. The van der Waals surface area contributed by atoms with Crippen LogP contribution in [0.4, 0.5) is 0 Å². The zero-order valence-electron chi connectivity index (χ0n) is 13.5. The van der Waals surface area contributed by atoms with Crippen molar-refractivity contribution in [1.29, 1.82) is 0 Å². The Morgan fingerprint density at radius 3 is 2.17 bits per heavy atom. The molecule has 2 aliphatic rings. The molecule has 2 bridgehead atoms. The second-order valence-corrected chi connectivity index (χ2v) is 11.0. The average molecular weight is 394 g/mol. The van der Waals surface area contributed by atoms with Crippen molar-refractivity contribution in [2.75, 3.05) is 13.4 Å². The lowest BCUT2D eigenvalue weighted by atomic mass is 10.1. The van der Waals surface area contributed by atoms with Gasteiger partial charge in [0.15, 0.2) is 0 Å². The summed E-state index contributed by atoms with van der Waals surface area (Å²) in [6.07, 6.45) is 3.33. The van der Waals surface area contributed by atoms with Crippen LogP contribution < -0.4 is 4.74 Å². The van der Waals surface area contributed by atoms with Crippen LogP contribution in [0.15, 0.2) is 23.1 Å². The molecule has 2 saturated heterocycles. The van der Waals surface area contributed by atoms with Gasteiger partial charge in [0, 0.05) is 18.3 Å². The first kappa shape index (κ1) is 18.0. The Kier molecular flexibility index (Phi) is 4.61. The number of methoxy groups -OCH3 is 1. The lowest BCUT2D eigenvalue weighted by Gasteiger charge is -2.37. The number of hydrogen-bond acceptors (Lipinski definition) is 5. The summed E-state index contributed by atoms with van der Waals surface area (Å²) in [5.74, 6) is 0.411. The number of sulfone groups is 1. The summed E-state index contributed by atoms with van der Waals surface area (Å²) in [6.45, 7) is 0. The van der Waals surface area contributed by atoms with Crippen molar-refractivity contribution in [3.05, 3.63) is 23.2 Å². The predicted molar refractivity (Wildman–Crippen MR) is 91.7 cm³/mol. The third kappa shape index (κ3) is 3.05. The number of ether oxygens (including phenoxy) is 1. The molecule has 134 valence electrons. The van der Waals surface area contributed by atoms with Gasteiger partial charge in [-0.1, -0.05) is 11.6 Å². The maximum Gasteiger partial charge on any atom is 0.243 e. The Morgan fingerprint density at radius 1 is 1.12 bits per heavy atom. The molecule has 2 aliphatic heterocycles. The summed E-state index contributed by atoms with van der Waals surface area (Å²) in [5.41, 5.74) is 0. The van der Waals surface area contributed by atoms with Crippen LogP contribution in [-0.2, 0) is 19.9 Å². The first-order valence-electron chi connectivity index (χ1n) is 7.70. The Bertz CT molecular complexity index is 839. The average Bonchev–Trinajstić information content (AvgIpc) is 2.77. The van der Waals surface area contributed by atoms with Crippen LogP contribution in [0.5, 0.6) is 5.75 Å². The highest BCUT2D eigenvalue weighted by molar-refractivity contribution is 7.91. The van der Waals surface area contributed by atoms with Gasteiger partial charge in [-0.3, -0.25) is 0 Å². The molecule has 0 aromatic heterocycles. The smallest absolute Gasteiger partial charge is 0.243 e. The normalized spacial score (nSPS) is 28.0. The second kappa shape index (κ2) is 6.16. The molecule has 0 amide bonds. The number of sulfonamides is 1. The number of halogens is 1. The number of nitrogens with zero attached hydrogens (tertiary/aromatic N) is 1. The molecular weight excluding hydrogens is 374 g/mol. The summed E-state index contributed by atoms with van der Waals surface area (Å²) in [4.78, 5) is 0.114. The molecule has 0 aliphatic carbocycles. The molecule has 1 aromatic rings. The molecule has 2 atom stereocenters. The van der Waals surface area contributed by atoms with E-state index >= 15 is 0 Å². The summed E-state index contributed by atoms with van der Waals surface area (Å²) < 4.78 is 56.3. The third-order valence-corrected chi connectivity index (χ3v) is 8.82.